The Morgan fingerprint density at radius 1 is 1.61 bits per heavy atom. The molecule has 6 heteroatoms. The van der Waals surface area contributed by atoms with E-state index in [4.69, 9.17) is 9.68 Å². The minimum absolute atomic E-state index is 0.430. The monoisotopic (exact) mass is 266 g/mol. The summed E-state index contributed by atoms with van der Waals surface area (Å²) < 4.78 is 0. The SMILES string of the molecule is CC1=NOC(C)(C(=O)O/N=C/c2ccc(C)s2)C1. The molecule has 0 aromatic carbocycles. The molecule has 0 saturated heterocycles. The molecule has 2 heterocycles. The topological polar surface area (TPSA) is 60.2 Å². The van der Waals surface area contributed by atoms with Gasteiger partial charge in [0, 0.05) is 16.2 Å². The number of hydrogen-bond acceptors (Lipinski definition) is 6. The van der Waals surface area contributed by atoms with Gasteiger partial charge < -0.3 is 9.68 Å². The average Bonchev–Trinajstić information content (AvgIpc) is 2.86. The molecule has 0 fully saturated rings. The van der Waals surface area contributed by atoms with E-state index in [2.05, 4.69) is 10.3 Å². The summed E-state index contributed by atoms with van der Waals surface area (Å²) >= 11 is 1.58. The smallest absolute Gasteiger partial charge is 0.377 e. The molecule has 0 aliphatic carbocycles. The van der Waals surface area contributed by atoms with Gasteiger partial charge in [0.15, 0.2) is 0 Å². The predicted octanol–water partition coefficient (Wildman–Crippen LogP) is 2.49. The van der Waals surface area contributed by atoms with Crippen LogP contribution in [0.15, 0.2) is 22.4 Å². The Bertz CT molecular complexity index is 521. The number of carbonyl (C=O) groups is 1. The van der Waals surface area contributed by atoms with Crippen molar-refractivity contribution in [1.29, 1.82) is 0 Å². The van der Waals surface area contributed by atoms with Gasteiger partial charge in [0.05, 0.1) is 11.9 Å². The Hall–Kier alpha value is -1.69. The first-order valence-corrected chi connectivity index (χ1v) is 6.34. The van der Waals surface area contributed by atoms with Crippen molar-refractivity contribution in [2.24, 2.45) is 10.3 Å². The molecule has 18 heavy (non-hydrogen) atoms. The van der Waals surface area contributed by atoms with Crippen LogP contribution >= 0.6 is 11.3 Å². The van der Waals surface area contributed by atoms with Crippen LogP contribution in [-0.4, -0.2) is 23.5 Å². The summed E-state index contributed by atoms with van der Waals surface area (Å²) in [6.07, 6.45) is 1.95. The highest BCUT2D eigenvalue weighted by Gasteiger charge is 2.42. The van der Waals surface area contributed by atoms with E-state index in [0.717, 1.165) is 10.6 Å². The van der Waals surface area contributed by atoms with Gasteiger partial charge in [0.2, 0.25) is 5.60 Å². The predicted molar refractivity (Wildman–Crippen MR) is 70.0 cm³/mol. The number of carbonyl (C=O) groups excluding carboxylic acids is 1. The molecule has 1 aliphatic heterocycles. The van der Waals surface area contributed by atoms with Crippen LogP contribution in [-0.2, 0) is 14.5 Å². The molecule has 1 aromatic heterocycles. The summed E-state index contributed by atoms with van der Waals surface area (Å²) in [4.78, 5) is 23.8. The average molecular weight is 266 g/mol. The van der Waals surface area contributed by atoms with E-state index in [1.165, 1.54) is 11.1 Å². The van der Waals surface area contributed by atoms with Crippen molar-refractivity contribution >= 4 is 29.2 Å². The summed E-state index contributed by atoms with van der Waals surface area (Å²) in [5.74, 6) is -0.535. The molecule has 0 N–H and O–H groups in total. The molecule has 0 amide bonds. The van der Waals surface area contributed by atoms with Gasteiger partial charge in [-0.3, -0.25) is 0 Å². The number of hydrogen-bond donors (Lipinski definition) is 0. The first-order valence-electron chi connectivity index (χ1n) is 5.52. The zero-order valence-electron chi connectivity index (χ0n) is 10.5. The number of oxime groups is 2. The number of thiophene rings is 1. The van der Waals surface area contributed by atoms with Crippen LogP contribution in [0.3, 0.4) is 0 Å². The first-order chi connectivity index (χ1) is 8.49. The second-order valence-corrected chi connectivity index (χ2v) is 5.71. The maximum atomic E-state index is 11.8. The lowest BCUT2D eigenvalue weighted by atomic mass is 10.0. The minimum Gasteiger partial charge on any atom is -0.377 e. The van der Waals surface area contributed by atoms with Gasteiger partial charge in [-0.15, -0.1) is 11.3 Å². The van der Waals surface area contributed by atoms with Gasteiger partial charge in [-0.25, -0.2) is 4.79 Å². The lowest BCUT2D eigenvalue weighted by Crippen LogP contribution is -2.36. The van der Waals surface area contributed by atoms with Crippen LogP contribution in [0.2, 0.25) is 0 Å². The highest BCUT2D eigenvalue weighted by molar-refractivity contribution is 7.13. The Balaban J connectivity index is 1.91. The Morgan fingerprint density at radius 2 is 2.39 bits per heavy atom. The number of rotatable bonds is 3. The van der Waals surface area contributed by atoms with E-state index in [1.54, 1.807) is 25.2 Å². The first kappa shape index (κ1) is 12.8. The van der Waals surface area contributed by atoms with E-state index >= 15 is 0 Å². The minimum atomic E-state index is -1.05. The van der Waals surface area contributed by atoms with Crippen molar-refractivity contribution in [2.75, 3.05) is 0 Å². The molecular weight excluding hydrogens is 252 g/mol. The second-order valence-electron chi connectivity index (χ2n) is 4.39. The molecular formula is C12H14N2O3S. The standard InChI is InChI=1S/C12H14N2O3S/c1-8-6-12(3,17-14-8)11(15)16-13-7-10-5-4-9(2)18-10/h4-5,7H,6H2,1-3H3/b13-7+. The molecule has 0 radical (unpaired) electrons. The maximum absolute atomic E-state index is 11.8. The normalized spacial score (nSPS) is 22.9. The largest absolute Gasteiger partial charge is 0.381 e. The maximum Gasteiger partial charge on any atom is 0.381 e. The summed E-state index contributed by atoms with van der Waals surface area (Å²) in [7, 11) is 0. The van der Waals surface area contributed by atoms with E-state index in [0.29, 0.717) is 6.42 Å². The molecule has 2 rings (SSSR count). The van der Waals surface area contributed by atoms with Crippen molar-refractivity contribution in [1.82, 2.24) is 0 Å². The number of nitrogens with zero attached hydrogens (tertiary/aromatic N) is 2. The van der Waals surface area contributed by atoms with Gasteiger partial charge in [-0.2, -0.15) is 0 Å². The summed E-state index contributed by atoms with van der Waals surface area (Å²) in [5, 5.41) is 7.42. The highest BCUT2D eigenvalue weighted by Crippen LogP contribution is 2.24. The van der Waals surface area contributed by atoms with E-state index in [-0.39, 0.29) is 0 Å². The van der Waals surface area contributed by atoms with E-state index in [9.17, 15) is 4.79 Å². The van der Waals surface area contributed by atoms with Crippen LogP contribution in [0, 0.1) is 6.92 Å². The summed E-state index contributed by atoms with van der Waals surface area (Å²) in [5.41, 5.74) is -0.278. The van der Waals surface area contributed by atoms with Crippen LogP contribution in [0.1, 0.15) is 30.0 Å². The Morgan fingerprint density at radius 3 is 2.94 bits per heavy atom. The number of aryl methyl sites for hydroxylation is 1. The lowest BCUT2D eigenvalue weighted by Gasteiger charge is -2.16. The molecule has 1 aromatic rings. The van der Waals surface area contributed by atoms with Gasteiger partial charge in [-0.1, -0.05) is 10.3 Å². The molecule has 96 valence electrons. The van der Waals surface area contributed by atoms with Crippen LogP contribution in [0.25, 0.3) is 0 Å². The highest BCUT2D eigenvalue weighted by atomic mass is 32.1. The fourth-order valence-corrected chi connectivity index (χ4v) is 2.33. The second kappa shape index (κ2) is 4.89. The van der Waals surface area contributed by atoms with Crippen LogP contribution in [0.5, 0.6) is 0 Å². The van der Waals surface area contributed by atoms with Crippen molar-refractivity contribution in [3.8, 4) is 0 Å². The van der Waals surface area contributed by atoms with Crippen molar-refractivity contribution in [3.63, 3.8) is 0 Å². The van der Waals surface area contributed by atoms with Crippen molar-refractivity contribution in [3.05, 3.63) is 21.9 Å². The summed E-state index contributed by atoms with van der Waals surface area (Å²) in [6.45, 7) is 5.44. The molecule has 5 nitrogen and oxygen atoms in total. The van der Waals surface area contributed by atoms with Gasteiger partial charge in [-0.05, 0) is 32.9 Å². The third kappa shape index (κ3) is 2.76. The van der Waals surface area contributed by atoms with Gasteiger partial charge >= 0.3 is 5.97 Å². The van der Waals surface area contributed by atoms with Gasteiger partial charge in [0.25, 0.3) is 0 Å². The van der Waals surface area contributed by atoms with Gasteiger partial charge in [0.1, 0.15) is 0 Å². The Labute approximate surface area is 109 Å². The zero-order chi connectivity index (χ0) is 13.2. The lowest BCUT2D eigenvalue weighted by molar-refractivity contribution is -0.167. The fourth-order valence-electron chi connectivity index (χ4n) is 1.59. The van der Waals surface area contributed by atoms with Crippen molar-refractivity contribution < 1.29 is 14.5 Å². The zero-order valence-corrected chi connectivity index (χ0v) is 11.3. The molecule has 1 atom stereocenters. The van der Waals surface area contributed by atoms with E-state index in [1.807, 2.05) is 19.1 Å². The van der Waals surface area contributed by atoms with Crippen LogP contribution in [0.4, 0.5) is 0 Å². The molecule has 0 spiro atoms. The quantitative estimate of drug-likeness (QED) is 0.480. The molecule has 0 saturated carbocycles. The third-order valence-electron chi connectivity index (χ3n) is 2.50. The Kier molecular flexibility index (Phi) is 3.47. The van der Waals surface area contributed by atoms with Crippen molar-refractivity contribution in [2.45, 2.75) is 32.8 Å². The molecule has 0 bridgehead atoms. The van der Waals surface area contributed by atoms with Crippen LogP contribution < -0.4 is 0 Å². The van der Waals surface area contributed by atoms with E-state index < -0.39 is 11.6 Å². The third-order valence-corrected chi connectivity index (χ3v) is 3.44. The fraction of sp³-hybridized carbons (Fsp3) is 0.417. The summed E-state index contributed by atoms with van der Waals surface area (Å²) in [6, 6.07) is 3.89. The molecule has 1 aliphatic rings. The molecule has 1 unspecified atom stereocenters.